The van der Waals surface area contributed by atoms with Gasteiger partial charge in [-0.25, -0.2) is 5.43 Å². The van der Waals surface area contributed by atoms with Crippen molar-refractivity contribution in [3.05, 3.63) is 18.2 Å². The first-order chi connectivity index (χ1) is 11.9. The molecule has 0 radical (unpaired) electrons. The van der Waals surface area contributed by atoms with Crippen molar-refractivity contribution >= 4 is 34.8 Å². The number of carbonyl (C=O) groups is 3. The highest BCUT2D eigenvalue weighted by molar-refractivity contribution is 6.43. The number of nitrogens with one attached hydrogen (secondary N) is 3. The highest BCUT2D eigenvalue weighted by Gasteiger charge is 2.19. The van der Waals surface area contributed by atoms with Gasteiger partial charge >= 0.3 is 0 Å². The first-order valence-electron chi connectivity index (χ1n) is 8.03. The maximum atomic E-state index is 12.2. The van der Waals surface area contributed by atoms with Crippen LogP contribution in [0.2, 0.25) is 0 Å². The topological polar surface area (TPSA) is 109 Å². The molecule has 0 unspecified atom stereocenters. The molecule has 0 aromatic heterocycles. The standard InChI is InChI=1S/C17H22N4O4/c1-10(2)8-16(23)19-12-5-4-11(9-14(12)25-3)18-17(24)13-6-7-15(22)21-20-13/h4-5,9-10H,6-8H2,1-3H3,(H,18,24)(H,19,23)(H,21,22). The molecule has 1 aliphatic heterocycles. The van der Waals surface area contributed by atoms with Gasteiger partial charge in [-0.15, -0.1) is 0 Å². The zero-order valence-electron chi connectivity index (χ0n) is 14.5. The fourth-order valence-electron chi connectivity index (χ4n) is 2.29. The number of methoxy groups -OCH3 is 1. The van der Waals surface area contributed by atoms with Crippen LogP contribution < -0.4 is 20.8 Å². The zero-order valence-corrected chi connectivity index (χ0v) is 14.5. The summed E-state index contributed by atoms with van der Waals surface area (Å²) in [5.74, 6) is -0.00847. The number of hydrogen-bond acceptors (Lipinski definition) is 5. The van der Waals surface area contributed by atoms with E-state index >= 15 is 0 Å². The van der Waals surface area contributed by atoms with Crippen molar-refractivity contribution in [3.63, 3.8) is 0 Å². The van der Waals surface area contributed by atoms with Crippen LogP contribution in [0.15, 0.2) is 23.3 Å². The molecule has 8 nitrogen and oxygen atoms in total. The lowest BCUT2D eigenvalue weighted by molar-refractivity contribution is -0.121. The maximum Gasteiger partial charge on any atom is 0.271 e. The Kier molecular flexibility index (Phi) is 6.10. The van der Waals surface area contributed by atoms with Crippen LogP contribution in [-0.4, -0.2) is 30.5 Å². The van der Waals surface area contributed by atoms with Gasteiger partial charge in [0.2, 0.25) is 11.8 Å². The van der Waals surface area contributed by atoms with Crippen molar-refractivity contribution in [2.24, 2.45) is 11.0 Å². The van der Waals surface area contributed by atoms with E-state index in [9.17, 15) is 14.4 Å². The summed E-state index contributed by atoms with van der Waals surface area (Å²) in [6, 6.07) is 4.94. The van der Waals surface area contributed by atoms with Crippen molar-refractivity contribution in [3.8, 4) is 5.75 Å². The zero-order chi connectivity index (χ0) is 18.4. The lowest BCUT2D eigenvalue weighted by atomic mass is 10.1. The van der Waals surface area contributed by atoms with Crippen LogP contribution in [-0.2, 0) is 14.4 Å². The molecule has 8 heteroatoms. The van der Waals surface area contributed by atoms with E-state index in [0.717, 1.165) is 0 Å². The number of rotatable bonds is 6. The third-order valence-electron chi connectivity index (χ3n) is 3.49. The number of hydrazone groups is 1. The van der Waals surface area contributed by atoms with E-state index in [2.05, 4.69) is 21.2 Å². The summed E-state index contributed by atoms with van der Waals surface area (Å²) in [6.45, 7) is 3.93. The molecule has 134 valence electrons. The van der Waals surface area contributed by atoms with Crippen LogP contribution in [0.4, 0.5) is 11.4 Å². The van der Waals surface area contributed by atoms with E-state index in [4.69, 9.17) is 4.74 Å². The van der Waals surface area contributed by atoms with Gasteiger partial charge in [0.25, 0.3) is 5.91 Å². The molecule has 0 saturated carbocycles. The van der Waals surface area contributed by atoms with Gasteiger partial charge in [0.1, 0.15) is 11.5 Å². The highest BCUT2D eigenvalue weighted by Crippen LogP contribution is 2.28. The monoisotopic (exact) mass is 346 g/mol. The normalized spacial score (nSPS) is 13.8. The molecule has 0 saturated heterocycles. The molecule has 0 fully saturated rings. The van der Waals surface area contributed by atoms with Crippen LogP contribution in [0.3, 0.4) is 0 Å². The number of nitrogens with zero attached hydrogens (tertiary/aromatic N) is 1. The van der Waals surface area contributed by atoms with Crippen molar-refractivity contribution in [1.82, 2.24) is 5.43 Å². The molecule has 3 amide bonds. The number of anilines is 2. The second-order valence-corrected chi connectivity index (χ2v) is 6.11. The molecule has 0 aliphatic carbocycles. The summed E-state index contributed by atoms with van der Waals surface area (Å²) in [7, 11) is 1.49. The quantitative estimate of drug-likeness (QED) is 0.730. The second kappa shape index (κ2) is 8.27. The molecular formula is C17H22N4O4. The summed E-state index contributed by atoms with van der Waals surface area (Å²) in [5, 5.41) is 9.24. The molecule has 1 aromatic carbocycles. The van der Waals surface area contributed by atoms with E-state index in [0.29, 0.717) is 23.5 Å². The van der Waals surface area contributed by atoms with E-state index < -0.39 is 5.91 Å². The Labute approximate surface area is 146 Å². The number of carbonyl (C=O) groups excluding carboxylic acids is 3. The van der Waals surface area contributed by atoms with Crippen molar-refractivity contribution in [1.29, 1.82) is 0 Å². The second-order valence-electron chi connectivity index (χ2n) is 6.11. The van der Waals surface area contributed by atoms with Crippen LogP contribution >= 0.6 is 0 Å². The fourth-order valence-corrected chi connectivity index (χ4v) is 2.29. The number of amides is 3. The third kappa shape index (κ3) is 5.30. The van der Waals surface area contributed by atoms with Gasteiger partial charge in [0, 0.05) is 31.0 Å². The van der Waals surface area contributed by atoms with Crippen molar-refractivity contribution in [2.75, 3.05) is 17.7 Å². The van der Waals surface area contributed by atoms with Crippen LogP contribution in [0.5, 0.6) is 5.75 Å². The van der Waals surface area contributed by atoms with E-state index in [1.165, 1.54) is 7.11 Å². The Bertz CT molecular complexity index is 713. The average Bonchev–Trinajstić information content (AvgIpc) is 2.56. The largest absolute Gasteiger partial charge is 0.494 e. The summed E-state index contributed by atoms with van der Waals surface area (Å²) >= 11 is 0. The molecular weight excluding hydrogens is 324 g/mol. The third-order valence-corrected chi connectivity index (χ3v) is 3.49. The van der Waals surface area contributed by atoms with Crippen molar-refractivity contribution in [2.45, 2.75) is 33.1 Å². The summed E-state index contributed by atoms with van der Waals surface area (Å²) in [6.07, 6.45) is 0.932. The molecule has 1 heterocycles. The van der Waals surface area contributed by atoms with Crippen LogP contribution in [0.1, 0.15) is 33.1 Å². The number of benzene rings is 1. The first-order valence-corrected chi connectivity index (χ1v) is 8.03. The molecule has 0 bridgehead atoms. The molecule has 1 aliphatic rings. The van der Waals surface area contributed by atoms with Gasteiger partial charge < -0.3 is 15.4 Å². The number of hydrogen-bond donors (Lipinski definition) is 3. The molecule has 25 heavy (non-hydrogen) atoms. The minimum atomic E-state index is -0.390. The van der Waals surface area contributed by atoms with Gasteiger partial charge in [-0.1, -0.05) is 13.8 Å². The Morgan fingerprint density at radius 1 is 1.28 bits per heavy atom. The lowest BCUT2D eigenvalue weighted by Gasteiger charge is -2.15. The summed E-state index contributed by atoms with van der Waals surface area (Å²) in [5.41, 5.74) is 3.58. The van der Waals surface area contributed by atoms with E-state index in [1.807, 2.05) is 13.8 Å². The van der Waals surface area contributed by atoms with E-state index in [-0.39, 0.29) is 36.3 Å². The smallest absolute Gasteiger partial charge is 0.271 e. The molecule has 2 rings (SSSR count). The first kappa shape index (κ1) is 18.4. The predicted molar refractivity (Wildman–Crippen MR) is 94.5 cm³/mol. The van der Waals surface area contributed by atoms with Gasteiger partial charge in [-0.05, 0) is 18.1 Å². The molecule has 1 aromatic rings. The van der Waals surface area contributed by atoms with Gasteiger partial charge in [-0.3, -0.25) is 14.4 Å². The van der Waals surface area contributed by atoms with Crippen molar-refractivity contribution < 1.29 is 19.1 Å². The minimum Gasteiger partial charge on any atom is -0.494 e. The maximum absolute atomic E-state index is 12.2. The molecule has 3 N–H and O–H groups in total. The summed E-state index contributed by atoms with van der Waals surface area (Å²) < 4.78 is 5.28. The molecule has 0 atom stereocenters. The van der Waals surface area contributed by atoms with Gasteiger partial charge in [-0.2, -0.15) is 5.10 Å². The Morgan fingerprint density at radius 2 is 2.04 bits per heavy atom. The van der Waals surface area contributed by atoms with Gasteiger partial charge in [0.05, 0.1) is 12.8 Å². The summed E-state index contributed by atoms with van der Waals surface area (Å²) in [4.78, 5) is 35.1. The Balaban J connectivity index is 2.06. The number of ether oxygens (including phenoxy) is 1. The predicted octanol–water partition coefficient (Wildman–Crippen LogP) is 1.88. The fraction of sp³-hybridized carbons (Fsp3) is 0.412. The van der Waals surface area contributed by atoms with E-state index in [1.54, 1.807) is 18.2 Å². The van der Waals surface area contributed by atoms with Crippen LogP contribution in [0, 0.1) is 5.92 Å². The SMILES string of the molecule is COc1cc(NC(=O)C2=NNC(=O)CC2)ccc1NC(=O)CC(C)C. The Hall–Kier alpha value is -2.90. The Morgan fingerprint density at radius 3 is 2.64 bits per heavy atom. The lowest BCUT2D eigenvalue weighted by Crippen LogP contribution is -2.32. The average molecular weight is 346 g/mol. The van der Waals surface area contributed by atoms with Gasteiger partial charge in [0.15, 0.2) is 0 Å². The molecule has 0 spiro atoms. The van der Waals surface area contributed by atoms with Crippen LogP contribution in [0.25, 0.3) is 0 Å². The minimum absolute atomic E-state index is 0.0996. The highest BCUT2D eigenvalue weighted by atomic mass is 16.5.